The Labute approximate surface area is 297 Å². The van der Waals surface area contributed by atoms with Crippen molar-refractivity contribution in [2.24, 2.45) is 0 Å². The normalized spacial score (nSPS) is 21.4. The van der Waals surface area contributed by atoms with Crippen molar-refractivity contribution in [2.45, 2.75) is 56.8 Å². The molecule has 2 heterocycles. The summed E-state index contributed by atoms with van der Waals surface area (Å²) in [6.07, 6.45) is -2.26. The number of aldehydes is 1. The van der Waals surface area contributed by atoms with E-state index in [1.165, 1.54) is 0 Å². The van der Waals surface area contributed by atoms with Crippen molar-refractivity contribution >= 4 is 17.9 Å². The predicted molar refractivity (Wildman–Crippen MR) is 190 cm³/mol. The maximum atomic E-state index is 12.8. The minimum Gasteiger partial charge on any atom is -0.486 e. The lowest BCUT2D eigenvalue weighted by molar-refractivity contribution is -0.259. The highest BCUT2D eigenvalue weighted by molar-refractivity contribution is 6.31. The molecule has 7 nitrogen and oxygen atoms in total. The summed E-state index contributed by atoms with van der Waals surface area (Å²) in [5.41, 5.74) is 5.72. The van der Waals surface area contributed by atoms with E-state index >= 15 is 0 Å². The molecule has 0 N–H and O–H groups in total. The van der Waals surface area contributed by atoms with E-state index in [9.17, 15) is 4.79 Å². The number of hydrogen-bond donors (Lipinski definition) is 0. The first-order valence-corrected chi connectivity index (χ1v) is 17.3. The van der Waals surface area contributed by atoms with Gasteiger partial charge in [0.15, 0.2) is 17.8 Å². The third-order valence-corrected chi connectivity index (χ3v) is 9.33. The van der Waals surface area contributed by atoms with Crippen LogP contribution < -0.4 is 9.47 Å². The van der Waals surface area contributed by atoms with Crippen molar-refractivity contribution in [1.82, 2.24) is 0 Å². The molecule has 5 atom stereocenters. The first kappa shape index (κ1) is 34.0. The van der Waals surface area contributed by atoms with E-state index in [0.717, 1.165) is 51.2 Å². The molecular weight excluding hydrogens is 652 g/mol. The topological polar surface area (TPSA) is 72.5 Å². The van der Waals surface area contributed by atoms with E-state index in [1.807, 2.05) is 127 Å². The quantitative estimate of drug-likeness (QED) is 0.116. The lowest BCUT2D eigenvalue weighted by atomic mass is 9.89. The Hall–Kier alpha value is -4.50. The molecule has 0 saturated carbocycles. The highest BCUT2D eigenvalue weighted by Gasteiger charge is 2.49. The summed E-state index contributed by atoms with van der Waals surface area (Å²) >= 11 is 6.80. The van der Waals surface area contributed by atoms with Gasteiger partial charge in [0, 0.05) is 5.02 Å². The first-order valence-electron chi connectivity index (χ1n) is 16.9. The van der Waals surface area contributed by atoms with E-state index in [1.54, 1.807) is 0 Å². The summed E-state index contributed by atoms with van der Waals surface area (Å²) in [5, 5.41) is 0.620. The third kappa shape index (κ3) is 8.27. The molecular formula is C42H39ClO7. The highest BCUT2D eigenvalue weighted by Crippen LogP contribution is 2.39. The van der Waals surface area contributed by atoms with Crippen LogP contribution in [0.5, 0.6) is 11.5 Å². The molecule has 0 radical (unpaired) electrons. The summed E-state index contributed by atoms with van der Waals surface area (Å²) < 4.78 is 38.2. The fourth-order valence-electron chi connectivity index (χ4n) is 6.43. The molecule has 256 valence electrons. The molecule has 1 unspecified atom stereocenters. The van der Waals surface area contributed by atoms with Crippen molar-refractivity contribution in [3.8, 4) is 11.5 Å². The second-order valence-corrected chi connectivity index (χ2v) is 12.9. The first-order chi connectivity index (χ1) is 24.6. The van der Waals surface area contributed by atoms with Gasteiger partial charge >= 0.3 is 0 Å². The van der Waals surface area contributed by atoms with E-state index in [-0.39, 0.29) is 6.61 Å². The van der Waals surface area contributed by atoms with E-state index in [4.69, 9.17) is 40.0 Å². The Morgan fingerprint density at radius 2 is 1.16 bits per heavy atom. The van der Waals surface area contributed by atoms with Gasteiger partial charge in [-0.1, -0.05) is 121 Å². The minimum atomic E-state index is -0.919. The van der Waals surface area contributed by atoms with Gasteiger partial charge in [0.25, 0.3) is 0 Å². The number of fused-ring (bicyclic) bond motifs is 1. The Morgan fingerprint density at radius 3 is 1.76 bits per heavy atom. The van der Waals surface area contributed by atoms with Gasteiger partial charge in [-0.2, -0.15) is 0 Å². The molecule has 5 aromatic rings. The summed E-state index contributed by atoms with van der Waals surface area (Å²) in [6.45, 7) is 1.94. The van der Waals surface area contributed by atoms with Crippen LogP contribution >= 0.6 is 11.6 Å². The van der Waals surface area contributed by atoms with E-state index in [0.29, 0.717) is 37.9 Å². The summed E-state index contributed by atoms with van der Waals surface area (Å²) in [5.74, 6) is 1.46. The van der Waals surface area contributed by atoms with Crippen LogP contribution in [-0.4, -0.2) is 43.9 Å². The zero-order valence-corrected chi connectivity index (χ0v) is 28.3. The number of hydrogen-bond acceptors (Lipinski definition) is 7. The van der Waals surface area contributed by atoms with Crippen LogP contribution in [-0.2, 0) is 50.0 Å². The molecule has 0 aliphatic carbocycles. The molecule has 0 spiro atoms. The van der Waals surface area contributed by atoms with Crippen LogP contribution in [0.25, 0.3) is 0 Å². The fourth-order valence-corrected chi connectivity index (χ4v) is 6.62. The van der Waals surface area contributed by atoms with Gasteiger partial charge in [-0.15, -0.1) is 0 Å². The van der Waals surface area contributed by atoms with Crippen LogP contribution in [0.3, 0.4) is 0 Å². The Balaban J connectivity index is 1.23. The van der Waals surface area contributed by atoms with Crippen LogP contribution in [0.4, 0.5) is 0 Å². The highest BCUT2D eigenvalue weighted by atomic mass is 35.5. The maximum absolute atomic E-state index is 12.8. The number of halogens is 1. The number of carbonyl (C=O) groups is 1. The second kappa shape index (κ2) is 16.5. The lowest BCUT2D eigenvalue weighted by Gasteiger charge is -2.45. The molecule has 8 heteroatoms. The number of benzene rings is 5. The van der Waals surface area contributed by atoms with Crippen LogP contribution in [0.2, 0.25) is 5.02 Å². The van der Waals surface area contributed by atoms with Crippen molar-refractivity contribution in [3.05, 3.63) is 166 Å². The van der Waals surface area contributed by atoms with Crippen LogP contribution in [0.15, 0.2) is 127 Å². The SMILES string of the molecule is O=C[C@H]1OC(c2ccc(Cl)c(Cc3ccc4c(c3)OCCO4)c2)[C@H](OCc2ccccc2)[C@@H](OCc2ccccc2)[C@@H]1OCc1ccccc1. The summed E-state index contributed by atoms with van der Waals surface area (Å²) in [7, 11) is 0. The van der Waals surface area contributed by atoms with Gasteiger partial charge in [-0.3, -0.25) is 0 Å². The average Bonchev–Trinajstić information content (AvgIpc) is 3.17. The van der Waals surface area contributed by atoms with Gasteiger partial charge in [-0.25, -0.2) is 0 Å². The second-order valence-electron chi connectivity index (χ2n) is 12.4. The zero-order chi connectivity index (χ0) is 34.1. The van der Waals surface area contributed by atoms with Crippen LogP contribution in [0.1, 0.15) is 39.5 Å². The molecule has 7 rings (SSSR count). The molecule has 2 aliphatic heterocycles. The molecule has 0 amide bonds. The van der Waals surface area contributed by atoms with Gasteiger partial charge in [-0.05, 0) is 58.0 Å². The molecule has 1 saturated heterocycles. The van der Waals surface area contributed by atoms with Crippen molar-refractivity contribution < 1.29 is 33.2 Å². The molecule has 2 aliphatic rings. The Kier molecular flexibility index (Phi) is 11.2. The monoisotopic (exact) mass is 690 g/mol. The fraction of sp³-hybridized carbons (Fsp3) is 0.262. The number of ether oxygens (including phenoxy) is 6. The summed E-state index contributed by atoms with van der Waals surface area (Å²) in [6, 6.07) is 41.5. The molecule has 5 aromatic carbocycles. The van der Waals surface area contributed by atoms with Crippen molar-refractivity contribution in [2.75, 3.05) is 13.2 Å². The lowest BCUT2D eigenvalue weighted by Crippen LogP contribution is -2.57. The number of rotatable bonds is 13. The van der Waals surface area contributed by atoms with Gasteiger partial charge in [0.05, 0.1) is 19.8 Å². The molecule has 0 aromatic heterocycles. The van der Waals surface area contributed by atoms with Gasteiger partial charge < -0.3 is 33.2 Å². The smallest absolute Gasteiger partial charge is 0.161 e. The molecule has 50 heavy (non-hydrogen) atoms. The molecule has 0 bridgehead atoms. The van der Waals surface area contributed by atoms with Crippen LogP contribution in [0, 0.1) is 0 Å². The average molecular weight is 691 g/mol. The van der Waals surface area contributed by atoms with Crippen molar-refractivity contribution in [3.63, 3.8) is 0 Å². The van der Waals surface area contributed by atoms with Gasteiger partial charge in [0.2, 0.25) is 0 Å². The Bertz CT molecular complexity index is 1840. The maximum Gasteiger partial charge on any atom is 0.161 e. The zero-order valence-electron chi connectivity index (χ0n) is 27.6. The Morgan fingerprint density at radius 1 is 0.600 bits per heavy atom. The summed E-state index contributed by atoms with van der Waals surface area (Å²) in [4.78, 5) is 12.8. The number of carbonyl (C=O) groups excluding carboxylic acids is 1. The standard InChI is InChI=1S/C42H39ClO7/c43-35-18-17-33(24-34(35)22-32-16-19-36-37(23-32)46-21-20-45-36)39-41(48-27-30-12-6-2-7-13-30)42(49-28-31-14-8-3-9-15-31)40(38(25-44)50-39)47-26-29-10-4-1-5-11-29/h1-19,23-25,38-42H,20-22,26-28H2/t38-,39?,40-,41+,42+/m1/s1. The minimum absolute atomic E-state index is 0.279. The largest absolute Gasteiger partial charge is 0.486 e. The third-order valence-electron chi connectivity index (χ3n) is 8.96. The van der Waals surface area contributed by atoms with Crippen molar-refractivity contribution in [1.29, 1.82) is 0 Å². The predicted octanol–water partition coefficient (Wildman–Crippen LogP) is 8.10. The van der Waals surface area contributed by atoms with E-state index < -0.39 is 30.5 Å². The molecule has 1 fully saturated rings. The van der Waals surface area contributed by atoms with Gasteiger partial charge in [0.1, 0.15) is 43.7 Å². The van der Waals surface area contributed by atoms with E-state index in [2.05, 4.69) is 0 Å².